The van der Waals surface area contributed by atoms with Crippen LogP contribution in [0.15, 0.2) is 18.2 Å². The van der Waals surface area contributed by atoms with Crippen LogP contribution in [0, 0.1) is 5.92 Å². The van der Waals surface area contributed by atoms with Crippen LogP contribution in [0.2, 0.25) is 5.02 Å². The zero-order valence-electron chi connectivity index (χ0n) is 15.7. The van der Waals surface area contributed by atoms with Crippen molar-refractivity contribution in [2.45, 2.75) is 55.9 Å². The first-order chi connectivity index (χ1) is 12.8. The first-order valence-corrected chi connectivity index (χ1v) is 9.91. The lowest BCUT2D eigenvalue weighted by atomic mass is 9.77. The second kappa shape index (κ2) is 9.76. The van der Waals surface area contributed by atoms with Crippen LogP contribution in [-0.4, -0.2) is 42.1 Å². The molecular weight excluding hydrogens is 391 g/mol. The van der Waals surface area contributed by atoms with Crippen molar-refractivity contribution in [2.24, 2.45) is 5.92 Å². The Labute approximate surface area is 169 Å². The number of methoxy groups -OCH3 is 2. The van der Waals surface area contributed by atoms with Crippen LogP contribution < -0.4 is 4.74 Å². The quantitative estimate of drug-likeness (QED) is 0.374. The molecule has 1 aliphatic rings. The van der Waals surface area contributed by atoms with Gasteiger partial charge in [0.05, 0.1) is 24.8 Å². The fourth-order valence-corrected chi connectivity index (χ4v) is 4.20. The Bertz CT molecular complexity index is 672. The fraction of sp³-hybridized carbons (Fsp3) is 0.600. The third-order valence-corrected chi connectivity index (χ3v) is 6.07. The van der Waals surface area contributed by atoms with E-state index in [2.05, 4.69) is 4.74 Å². The minimum Gasteiger partial charge on any atom is -0.495 e. The topological polar surface area (TPSA) is 72.8 Å². The molecule has 0 saturated heterocycles. The number of carbonyl (C=O) groups is 2. The van der Waals surface area contributed by atoms with Crippen molar-refractivity contribution in [3.05, 3.63) is 28.8 Å². The van der Waals surface area contributed by atoms with Gasteiger partial charge in [-0.15, -0.1) is 11.6 Å². The van der Waals surface area contributed by atoms with Gasteiger partial charge in [-0.05, 0) is 49.3 Å². The molecule has 0 bridgehead atoms. The maximum Gasteiger partial charge on any atom is 0.331 e. The monoisotopic (exact) mass is 416 g/mol. The van der Waals surface area contributed by atoms with Crippen molar-refractivity contribution < 1.29 is 24.2 Å². The van der Waals surface area contributed by atoms with E-state index in [1.54, 1.807) is 19.2 Å². The van der Waals surface area contributed by atoms with E-state index in [0.29, 0.717) is 23.6 Å². The summed E-state index contributed by atoms with van der Waals surface area (Å²) in [6.45, 7) is 0. The van der Waals surface area contributed by atoms with Crippen LogP contribution in [0.5, 0.6) is 5.75 Å². The largest absolute Gasteiger partial charge is 0.495 e. The number of ketones is 1. The molecule has 2 unspecified atom stereocenters. The Morgan fingerprint density at radius 3 is 2.52 bits per heavy atom. The number of hydrogen-bond donors (Lipinski definition) is 1. The van der Waals surface area contributed by atoms with Crippen molar-refractivity contribution in [3.8, 4) is 5.75 Å². The van der Waals surface area contributed by atoms with E-state index in [9.17, 15) is 14.7 Å². The second-order valence-electron chi connectivity index (χ2n) is 7.08. The first kappa shape index (κ1) is 22.0. The molecule has 1 aliphatic carbocycles. The fourth-order valence-electron chi connectivity index (χ4n) is 3.75. The predicted octanol–water partition coefficient (Wildman–Crippen LogP) is 3.94. The Balaban J connectivity index is 2.12. The molecule has 1 aromatic carbocycles. The Hall–Kier alpha value is -1.30. The molecule has 0 aliphatic heterocycles. The molecule has 0 spiro atoms. The number of esters is 1. The number of rotatable bonds is 9. The van der Waals surface area contributed by atoms with Gasteiger partial charge in [-0.1, -0.05) is 30.5 Å². The number of carbonyl (C=O) groups excluding carboxylic acids is 2. The first-order valence-electron chi connectivity index (χ1n) is 9.10. The van der Waals surface area contributed by atoms with E-state index in [1.807, 2.05) is 6.07 Å². The number of benzene rings is 1. The Morgan fingerprint density at radius 2 is 1.96 bits per heavy atom. The molecule has 0 heterocycles. The molecule has 1 aromatic rings. The van der Waals surface area contributed by atoms with Crippen molar-refractivity contribution in [2.75, 3.05) is 14.2 Å². The zero-order chi connectivity index (χ0) is 20.0. The van der Waals surface area contributed by atoms with Crippen molar-refractivity contribution in [1.29, 1.82) is 0 Å². The molecular formula is C20H26Cl2O5. The van der Waals surface area contributed by atoms with E-state index in [4.69, 9.17) is 27.9 Å². The highest BCUT2D eigenvalue weighted by molar-refractivity contribution is 6.41. The average Bonchev–Trinajstić information content (AvgIpc) is 3.20. The second-order valence-corrected chi connectivity index (χ2v) is 7.93. The maximum atomic E-state index is 12.4. The summed E-state index contributed by atoms with van der Waals surface area (Å²) in [5.41, 5.74) is -0.263. The van der Waals surface area contributed by atoms with Gasteiger partial charge < -0.3 is 14.6 Å². The van der Waals surface area contributed by atoms with Crippen LogP contribution in [0.4, 0.5) is 0 Å². The minimum atomic E-state index is -1.39. The summed E-state index contributed by atoms with van der Waals surface area (Å²) < 4.78 is 9.69. The van der Waals surface area contributed by atoms with Gasteiger partial charge in [-0.25, -0.2) is 4.79 Å². The molecule has 1 N–H and O–H groups in total. The number of hydrogen-bond acceptors (Lipinski definition) is 5. The van der Waals surface area contributed by atoms with Gasteiger partial charge in [0.1, 0.15) is 5.75 Å². The average molecular weight is 417 g/mol. The van der Waals surface area contributed by atoms with Crippen molar-refractivity contribution in [1.82, 2.24) is 0 Å². The van der Waals surface area contributed by atoms with Gasteiger partial charge in [0, 0.05) is 6.42 Å². The zero-order valence-corrected chi connectivity index (χ0v) is 17.2. The van der Waals surface area contributed by atoms with Gasteiger partial charge in [0.15, 0.2) is 11.2 Å². The van der Waals surface area contributed by atoms with Crippen LogP contribution in [0.25, 0.3) is 0 Å². The highest BCUT2D eigenvalue weighted by Crippen LogP contribution is 2.40. The molecule has 5 nitrogen and oxygen atoms in total. The molecule has 1 fully saturated rings. The molecule has 2 rings (SSSR count). The summed E-state index contributed by atoms with van der Waals surface area (Å²) in [5.74, 6) is -0.704. The summed E-state index contributed by atoms with van der Waals surface area (Å²) in [6.07, 6.45) is 4.54. The van der Waals surface area contributed by atoms with E-state index >= 15 is 0 Å². The molecule has 150 valence electrons. The number of ether oxygens (including phenoxy) is 2. The van der Waals surface area contributed by atoms with Crippen LogP contribution >= 0.6 is 23.2 Å². The van der Waals surface area contributed by atoms with E-state index in [1.165, 1.54) is 7.11 Å². The smallest absolute Gasteiger partial charge is 0.331 e. The summed E-state index contributed by atoms with van der Waals surface area (Å²) >= 11 is 12.1. The van der Waals surface area contributed by atoms with Gasteiger partial charge in [0.2, 0.25) is 0 Å². The summed E-state index contributed by atoms with van der Waals surface area (Å²) in [4.78, 5) is 24.0. The number of aliphatic hydroxyl groups is 1. The van der Waals surface area contributed by atoms with Crippen LogP contribution in [0.3, 0.4) is 0 Å². The third-order valence-electron chi connectivity index (χ3n) is 5.35. The normalized spacial score (nSPS) is 18.0. The minimum absolute atomic E-state index is 0.0108. The van der Waals surface area contributed by atoms with Crippen molar-refractivity contribution >= 4 is 35.0 Å². The lowest BCUT2D eigenvalue weighted by molar-refractivity contribution is -0.144. The van der Waals surface area contributed by atoms with Gasteiger partial charge >= 0.3 is 5.97 Å². The standard InChI is InChI=1S/C20H26Cl2O5/c1-26-17-8-7-13(11-15(17)21)9-10-20(25,14-5-3-4-6-14)12-16(23)18(22)19(24)27-2/h7-8,11,14,18,25H,3-6,9-10,12H2,1-2H3. The third kappa shape index (κ3) is 5.59. The molecule has 0 aromatic heterocycles. The predicted molar refractivity (Wildman–Crippen MR) is 105 cm³/mol. The summed E-state index contributed by atoms with van der Waals surface area (Å²) in [6, 6.07) is 5.47. The van der Waals surface area contributed by atoms with Gasteiger partial charge in [0.25, 0.3) is 0 Å². The molecule has 2 atom stereocenters. The van der Waals surface area contributed by atoms with E-state index in [0.717, 1.165) is 31.2 Å². The Morgan fingerprint density at radius 1 is 1.30 bits per heavy atom. The highest BCUT2D eigenvalue weighted by Gasteiger charge is 2.41. The highest BCUT2D eigenvalue weighted by atomic mass is 35.5. The van der Waals surface area contributed by atoms with Crippen molar-refractivity contribution in [3.63, 3.8) is 0 Å². The summed E-state index contributed by atoms with van der Waals surface area (Å²) in [5, 5.41) is 10.4. The van der Waals surface area contributed by atoms with Crippen LogP contribution in [-0.2, 0) is 20.7 Å². The molecule has 0 radical (unpaired) electrons. The number of alkyl halides is 1. The SMILES string of the molecule is COC(=O)C(Cl)C(=O)CC(O)(CCc1ccc(OC)c(Cl)c1)C1CCCC1. The van der Waals surface area contributed by atoms with E-state index in [-0.39, 0.29) is 12.3 Å². The number of halogens is 2. The lowest BCUT2D eigenvalue weighted by Crippen LogP contribution is -2.42. The molecule has 1 saturated carbocycles. The number of Topliss-reactive ketones (excluding diaryl/α,β-unsaturated/α-hetero) is 1. The lowest BCUT2D eigenvalue weighted by Gasteiger charge is -2.34. The maximum absolute atomic E-state index is 12.4. The Kier molecular flexibility index (Phi) is 7.95. The molecule has 0 amide bonds. The van der Waals surface area contributed by atoms with Gasteiger partial charge in [-0.2, -0.15) is 0 Å². The molecule has 7 heteroatoms. The number of aryl methyl sites for hydroxylation is 1. The van der Waals surface area contributed by atoms with Gasteiger partial charge in [-0.3, -0.25) is 4.79 Å². The van der Waals surface area contributed by atoms with E-state index < -0.39 is 22.7 Å². The summed E-state index contributed by atoms with van der Waals surface area (Å²) in [7, 11) is 2.73. The molecule has 27 heavy (non-hydrogen) atoms. The van der Waals surface area contributed by atoms with Crippen LogP contribution in [0.1, 0.15) is 44.1 Å².